The van der Waals surface area contributed by atoms with Gasteiger partial charge in [0, 0.05) is 54.0 Å². The van der Waals surface area contributed by atoms with Crippen molar-refractivity contribution >= 4 is 70.2 Å². The van der Waals surface area contributed by atoms with E-state index in [9.17, 15) is 0 Å². The maximum absolute atomic E-state index is 5.36. The van der Waals surface area contributed by atoms with E-state index in [-0.39, 0.29) is 5.41 Å². The van der Waals surface area contributed by atoms with Crippen molar-refractivity contribution in [3.05, 3.63) is 169 Å². The van der Waals surface area contributed by atoms with Crippen LogP contribution in [0.15, 0.2) is 158 Å². The maximum atomic E-state index is 5.36. The van der Waals surface area contributed by atoms with Gasteiger partial charge in [0.25, 0.3) is 0 Å². The fraction of sp³-hybridized carbons (Fsp3) is 0.0652. The van der Waals surface area contributed by atoms with E-state index in [1.165, 1.54) is 53.2 Å². The monoisotopic (exact) mass is 644 g/mol. The summed E-state index contributed by atoms with van der Waals surface area (Å²) in [7, 11) is 0. The number of para-hydroxylation sites is 2. The molecule has 1 aliphatic carbocycles. The van der Waals surface area contributed by atoms with Crippen LogP contribution in [0.3, 0.4) is 0 Å². The molecule has 49 heavy (non-hydrogen) atoms. The van der Waals surface area contributed by atoms with E-state index < -0.39 is 0 Å². The highest BCUT2D eigenvalue weighted by molar-refractivity contribution is 7.26. The Morgan fingerprint density at radius 3 is 2.04 bits per heavy atom. The van der Waals surface area contributed by atoms with Crippen LogP contribution in [0.1, 0.15) is 25.0 Å². The lowest BCUT2D eigenvalue weighted by Crippen LogP contribution is -2.16. The van der Waals surface area contributed by atoms with Crippen molar-refractivity contribution in [2.24, 2.45) is 0 Å². The lowest BCUT2D eigenvalue weighted by Gasteiger charge is -2.29. The van der Waals surface area contributed by atoms with Crippen LogP contribution in [0.4, 0.5) is 17.1 Å². The van der Waals surface area contributed by atoms with Gasteiger partial charge >= 0.3 is 0 Å². The van der Waals surface area contributed by atoms with Crippen LogP contribution in [0.2, 0.25) is 0 Å². The van der Waals surface area contributed by atoms with E-state index in [1.807, 2.05) is 11.3 Å². The average molecular weight is 645 g/mol. The first kappa shape index (κ1) is 28.3. The highest BCUT2D eigenvalue weighted by atomic mass is 32.1. The van der Waals surface area contributed by atoms with Gasteiger partial charge in [0.1, 0.15) is 0 Å². The fourth-order valence-electron chi connectivity index (χ4n) is 8.13. The molecule has 0 saturated heterocycles. The van der Waals surface area contributed by atoms with Gasteiger partial charge in [-0.1, -0.05) is 129 Å². The Morgan fingerprint density at radius 1 is 0.531 bits per heavy atom. The highest BCUT2D eigenvalue weighted by Crippen LogP contribution is 2.53. The number of nitrogens with zero attached hydrogens (tertiary/aromatic N) is 2. The number of anilines is 3. The van der Waals surface area contributed by atoms with E-state index in [2.05, 4.69) is 176 Å². The second kappa shape index (κ2) is 10.6. The molecule has 0 amide bonds. The molecule has 2 heterocycles. The normalized spacial score (nSPS) is 13.3. The summed E-state index contributed by atoms with van der Waals surface area (Å²) in [6.07, 6.45) is 0. The number of pyridine rings is 1. The topological polar surface area (TPSA) is 16.1 Å². The minimum Gasteiger partial charge on any atom is -0.309 e. The van der Waals surface area contributed by atoms with Crippen molar-refractivity contribution in [3.8, 4) is 22.4 Å². The van der Waals surface area contributed by atoms with Gasteiger partial charge in [-0.2, -0.15) is 0 Å². The van der Waals surface area contributed by atoms with Crippen LogP contribution in [0, 0.1) is 0 Å². The van der Waals surface area contributed by atoms with Crippen LogP contribution in [0.25, 0.3) is 64.2 Å². The Morgan fingerprint density at radius 2 is 1.20 bits per heavy atom. The molecule has 2 nitrogen and oxygen atoms in total. The van der Waals surface area contributed by atoms with E-state index in [4.69, 9.17) is 4.98 Å². The van der Waals surface area contributed by atoms with Crippen molar-refractivity contribution in [1.29, 1.82) is 0 Å². The molecule has 1 aliphatic rings. The molecule has 9 aromatic rings. The quantitative estimate of drug-likeness (QED) is 0.177. The summed E-state index contributed by atoms with van der Waals surface area (Å²) in [5.74, 6) is 0. The molecule has 0 unspecified atom stereocenters. The molecule has 0 N–H and O–H groups in total. The molecule has 0 fully saturated rings. The van der Waals surface area contributed by atoms with Crippen molar-refractivity contribution in [3.63, 3.8) is 0 Å². The summed E-state index contributed by atoms with van der Waals surface area (Å²) in [6, 6.07) is 57.4. The van der Waals surface area contributed by atoms with Crippen LogP contribution < -0.4 is 4.90 Å². The number of thiophene rings is 1. The molecule has 0 spiro atoms. The zero-order chi connectivity index (χ0) is 32.7. The third-order valence-corrected chi connectivity index (χ3v) is 11.6. The van der Waals surface area contributed by atoms with Gasteiger partial charge in [-0.3, -0.25) is 0 Å². The molecule has 0 aliphatic heterocycles. The standard InChI is InChI=1S/C46H32N2S/c1-46(2)37-22-12-9-19-32(37)33-26-25-31(27-38(33)46)48(30-17-7-4-8-18-30)40-28-36-42(43-35-21-11-14-24-41(35)49-45(40)43)34-20-10-13-23-39(34)47-44(36)29-15-5-3-6-16-29/h3-28H,1-2H3. The molecule has 0 saturated carbocycles. The van der Waals surface area contributed by atoms with Crippen LogP contribution >= 0.6 is 11.3 Å². The van der Waals surface area contributed by atoms with Crippen LogP contribution in [-0.2, 0) is 5.41 Å². The van der Waals surface area contributed by atoms with Crippen molar-refractivity contribution in [2.75, 3.05) is 4.90 Å². The van der Waals surface area contributed by atoms with E-state index in [0.717, 1.165) is 39.2 Å². The Labute approximate surface area is 289 Å². The number of fused-ring (bicyclic) bond motifs is 10. The van der Waals surface area contributed by atoms with Crippen LogP contribution in [-0.4, -0.2) is 4.98 Å². The summed E-state index contributed by atoms with van der Waals surface area (Å²) < 4.78 is 2.56. The molecule has 2 aromatic heterocycles. The first-order valence-corrected chi connectivity index (χ1v) is 17.7. The lowest BCUT2D eigenvalue weighted by molar-refractivity contribution is 0.660. The summed E-state index contributed by atoms with van der Waals surface area (Å²) in [5.41, 5.74) is 11.9. The smallest absolute Gasteiger partial charge is 0.0789 e. The molecule has 232 valence electrons. The van der Waals surface area contributed by atoms with E-state index in [0.29, 0.717) is 0 Å². The maximum Gasteiger partial charge on any atom is 0.0789 e. The van der Waals surface area contributed by atoms with Gasteiger partial charge < -0.3 is 4.90 Å². The first-order valence-electron chi connectivity index (χ1n) is 16.9. The molecule has 0 radical (unpaired) electrons. The molecule has 10 rings (SSSR count). The SMILES string of the molecule is CC1(C)c2ccccc2-c2ccc(N(c3ccccc3)c3cc4c(-c5ccccc5)nc5ccccc5c4c4c3sc3ccccc34)cc21. The van der Waals surface area contributed by atoms with Gasteiger partial charge in [-0.25, -0.2) is 4.98 Å². The fourth-order valence-corrected chi connectivity index (χ4v) is 9.35. The summed E-state index contributed by atoms with van der Waals surface area (Å²) in [6.45, 7) is 4.72. The Bertz CT molecular complexity index is 2740. The number of aromatic nitrogens is 1. The average Bonchev–Trinajstić information content (AvgIpc) is 3.65. The summed E-state index contributed by atoms with van der Waals surface area (Å²) >= 11 is 1.88. The van der Waals surface area contributed by atoms with Crippen molar-refractivity contribution < 1.29 is 0 Å². The third-order valence-electron chi connectivity index (χ3n) is 10.4. The van der Waals surface area contributed by atoms with Gasteiger partial charge in [-0.15, -0.1) is 11.3 Å². The van der Waals surface area contributed by atoms with Crippen LogP contribution in [0.5, 0.6) is 0 Å². The molecular formula is C46H32N2S. The van der Waals surface area contributed by atoms with Gasteiger partial charge in [0.15, 0.2) is 0 Å². The van der Waals surface area contributed by atoms with Gasteiger partial charge in [0.05, 0.1) is 21.6 Å². The number of benzene rings is 7. The second-order valence-corrected chi connectivity index (χ2v) is 14.6. The zero-order valence-corrected chi connectivity index (χ0v) is 28.1. The lowest BCUT2D eigenvalue weighted by atomic mass is 9.82. The molecule has 0 atom stereocenters. The van der Waals surface area contributed by atoms with Gasteiger partial charge in [-0.05, 0) is 64.7 Å². The number of hydrogen-bond acceptors (Lipinski definition) is 3. The molecule has 3 heteroatoms. The minimum absolute atomic E-state index is 0.107. The first-order chi connectivity index (χ1) is 24.1. The predicted octanol–water partition coefficient (Wildman–Crippen LogP) is 13.2. The van der Waals surface area contributed by atoms with Crippen molar-refractivity contribution in [2.45, 2.75) is 19.3 Å². The molecule has 0 bridgehead atoms. The van der Waals surface area contributed by atoms with Crippen molar-refractivity contribution in [1.82, 2.24) is 4.98 Å². The highest BCUT2D eigenvalue weighted by Gasteiger charge is 2.36. The predicted molar refractivity (Wildman–Crippen MR) is 210 cm³/mol. The second-order valence-electron chi connectivity index (χ2n) is 13.5. The molecule has 7 aromatic carbocycles. The Hall–Kier alpha value is -5.77. The number of rotatable bonds is 4. The van der Waals surface area contributed by atoms with Gasteiger partial charge in [0.2, 0.25) is 0 Å². The third kappa shape index (κ3) is 4.16. The largest absolute Gasteiger partial charge is 0.309 e. The number of hydrogen-bond donors (Lipinski definition) is 0. The molecular weight excluding hydrogens is 613 g/mol. The zero-order valence-electron chi connectivity index (χ0n) is 27.3. The van der Waals surface area contributed by atoms with E-state index in [1.54, 1.807) is 0 Å². The summed E-state index contributed by atoms with van der Waals surface area (Å²) in [5, 5.41) is 6.17. The Kier molecular flexibility index (Phi) is 6.12. The van der Waals surface area contributed by atoms with E-state index >= 15 is 0 Å². The summed E-state index contributed by atoms with van der Waals surface area (Å²) in [4.78, 5) is 7.84. The minimum atomic E-state index is -0.107. The Balaban J connectivity index is 1.35.